The molecule has 114 valence electrons. The molecule has 0 aliphatic carbocycles. The van der Waals surface area contributed by atoms with Gasteiger partial charge in [0.05, 0.1) is 25.7 Å². The Morgan fingerprint density at radius 1 is 1.41 bits per heavy atom. The van der Waals surface area contributed by atoms with Crippen molar-refractivity contribution < 1.29 is 19.1 Å². The number of rotatable bonds is 2. The van der Waals surface area contributed by atoms with Crippen LogP contribution < -0.4 is 4.90 Å². The standard InChI is InChI=1S/C16H14BrNO4/c1-21-15(20)12-11-6-7-16(22-11)8-18(14(19)13(12)16)10-4-2-9(17)3-5-10/h2-7,11-13H,8H2,1H3. The van der Waals surface area contributed by atoms with Gasteiger partial charge in [0.1, 0.15) is 11.5 Å². The second-order valence-corrected chi connectivity index (χ2v) is 6.74. The fourth-order valence-electron chi connectivity index (χ4n) is 3.74. The maximum absolute atomic E-state index is 12.9. The summed E-state index contributed by atoms with van der Waals surface area (Å²) in [7, 11) is 1.34. The Bertz CT molecular complexity index is 686. The van der Waals surface area contributed by atoms with E-state index < -0.39 is 17.4 Å². The number of hydrogen-bond donors (Lipinski definition) is 0. The number of halogens is 1. The Balaban J connectivity index is 1.71. The summed E-state index contributed by atoms with van der Waals surface area (Å²) in [6.07, 6.45) is 3.45. The first kappa shape index (κ1) is 14.0. The number of anilines is 1. The van der Waals surface area contributed by atoms with E-state index >= 15 is 0 Å². The Morgan fingerprint density at radius 3 is 2.82 bits per heavy atom. The topological polar surface area (TPSA) is 55.8 Å². The van der Waals surface area contributed by atoms with Crippen LogP contribution in [0.15, 0.2) is 40.9 Å². The van der Waals surface area contributed by atoms with Crippen LogP contribution >= 0.6 is 15.9 Å². The van der Waals surface area contributed by atoms with Crippen molar-refractivity contribution in [2.24, 2.45) is 11.8 Å². The van der Waals surface area contributed by atoms with Crippen molar-refractivity contribution in [2.45, 2.75) is 11.7 Å². The number of nitrogens with zero attached hydrogens (tertiary/aromatic N) is 1. The molecule has 2 saturated heterocycles. The lowest BCUT2D eigenvalue weighted by molar-refractivity contribution is -0.149. The van der Waals surface area contributed by atoms with Gasteiger partial charge < -0.3 is 14.4 Å². The Morgan fingerprint density at radius 2 is 2.14 bits per heavy atom. The summed E-state index contributed by atoms with van der Waals surface area (Å²) in [5.74, 6) is -1.52. The van der Waals surface area contributed by atoms with Crippen LogP contribution in [0.5, 0.6) is 0 Å². The highest BCUT2D eigenvalue weighted by atomic mass is 79.9. The lowest BCUT2D eigenvalue weighted by atomic mass is 9.77. The fraction of sp³-hybridized carbons (Fsp3) is 0.375. The van der Waals surface area contributed by atoms with Crippen molar-refractivity contribution in [2.75, 3.05) is 18.6 Å². The molecule has 1 aromatic rings. The van der Waals surface area contributed by atoms with Gasteiger partial charge in [-0.05, 0) is 24.3 Å². The van der Waals surface area contributed by atoms with Crippen LogP contribution in [0.2, 0.25) is 0 Å². The Hall–Kier alpha value is -1.66. The van der Waals surface area contributed by atoms with Gasteiger partial charge in [0.15, 0.2) is 0 Å². The monoisotopic (exact) mass is 363 g/mol. The molecule has 0 saturated carbocycles. The van der Waals surface area contributed by atoms with Crippen LogP contribution in [0.3, 0.4) is 0 Å². The van der Waals surface area contributed by atoms with E-state index in [0.717, 1.165) is 10.2 Å². The first-order valence-electron chi connectivity index (χ1n) is 7.08. The first-order chi connectivity index (χ1) is 10.6. The molecule has 2 bridgehead atoms. The lowest BCUT2D eigenvalue weighted by Crippen LogP contribution is -2.39. The fourth-order valence-corrected chi connectivity index (χ4v) is 4.01. The molecule has 0 aromatic heterocycles. The van der Waals surface area contributed by atoms with E-state index in [1.165, 1.54) is 7.11 Å². The molecular formula is C16H14BrNO4. The van der Waals surface area contributed by atoms with Crippen LogP contribution in [0, 0.1) is 11.8 Å². The third-order valence-corrected chi connectivity index (χ3v) is 5.24. The van der Waals surface area contributed by atoms with Gasteiger partial charge >= 0.3 is 5.97 Å². The van der Waals surface area contributed by atoms with Gasteiger partial charge in [-0.25, -0.2) is 0 Å². The van der Waals surface area contributed by atoms with Crippen LogP contribution in [0.4, 0.5) is 5.69 Å². The number of amides is 1. The van der Waals surface area contributed by atoms with Crippen molar-refractivity contribution in [1.29, 1.82) is 0 Å². The average molecular weight is 364 g/mol. The minimum Gasteiger partial charge on any atom is -0.469 e. The molecule has 3 aliphatic rings. The van der Waals surface area contributed by atoms with Crippen molar-refractivity contribution in [1.82, 2.24) is 0 Å². The molecule has 5 nitrogen and oxygen atoms in total. The van der Waals surface area contributed by atoms with Gasteiger partial charge in [0.2, 0.25) is 5.91 Å². The summed E-state index contributed by atoms with van der Waals surface area (Å²) in [5.41, 5.74) is 0.106. The molecule has 4 unspecified atom stereocenters. The van der Waals surface area contributed by atoms with E-state index in [0.29, 0.717) is 6.54 Å². The zero-order valence-corrected chi connectivity index (χ0v) is 13.4. The molecule has 22 heavy (non-hydrogen) atoms. The second kappa shape index (κ2) is 4.67. The minimum absolute atomic E-state index is 0.0791. The molecular weight excluding hydrogens is 350 g/mol. The van der Waals surface area contributed by atoms with Crippen LogP contribution in [0.25, 0.3) is 0 Å². The van der Waals surface area contributed by atoms with Gasteiger partial charge in [-0.2, -0.15) is 0 Å². The smallest absolute Gasteiger partial charge is 0.312 e. The first-order valence-corrected chi connectivity index (χ1v) is 7.87. The van der Waals surface area contributed by atoms with Crippen molar-refractivity contribution in [3.63, 3.8) is 0 Å². The van der Waals surface area contributed by atoms with Gasteiger partial charge in [-0.1, -0.05) is 28.1 Å². The molecule has 4 atom stereocenters. The highest BCUT2D eigenvalue weighted by Crippen LogP contribution is 2.52. The molecule has 1 amide bonds. The van der Waals surface area contributed by atoms with E-state index in [4.69, 9.17) is 9.47 Å². The number of carbonyl (C=O) groups excluding carboxylic acids is 2. The van der Waals surface area contributed by atoms with Crippen LogP contribution in [-0.2, 0) is 19.1 Å². The minimum atomic E-state index is -0.701. The molecule has 1 aromatic carbocycles. The summed E-state index contributed by atoms with van der Waals surface area (Å²) in [4.78, 5) is 26.6. The molecule has 0 N–H and O–H groups in total. The zero-order valence-electron chi connectivity index (χ0n) is 11.9. The SMILES string of the molecule is COC(=O)C1C2C=CC3(CN(c4ccc(Br)cc4)C(=O)C13)O2. The number of hydrogen-bond acceptors (Lipinski definition) is 4. The van der Waals surface area contributed by atoms with E-state index in [1.807, 2.05) is 36.4 Å². The number of carbonyl (C=O) groups is 2. The summed E-state index contributed by atoms with van der Waals surface area (Å²) < 4.78 is 11.8. The molecule has 1 spiro atoms. The quantitative estimate of drug-likeness (QED) is 0.594. The largest absolute Gasteiger partial charge is 0.469 e. The van der Waals surface area contributed by atoms with Crippen LogP contribution in [-0.4, -0.2) is 37.2 Å². The maximum atomic E-state index is 12.9. The summed E-state index contributed by atoms with van der Waals surface area (Å²) in [5, 5.41) is 0. The second-order valence-electron chi connectivity index (χ2n) is 5.82. The highest BCUT2D eigenvalue weighted by Gasteiger charge is 2.67. The summed E-state index contributed by atoms with van der Waals surface area (Å²) >= 11 is 3.39. The van der Waals surface area contributed by atoms with Crippen molar-refractivity contribution in [3.05, 3.63) is 40.9 Å². The van der Waals surface area contributed by atoms with Gasteiger partial charge in [0.25, 0.3) is 0 Å². The lowest BCUT2D eigenvalue weighted by Gasteiger charge is -2.22. The van der Waals surface area contributed by atoms with Crippen molar-refractivity contribution >= 4 is 33.5 Å². The van der Waals surface area contributed by atoms with E-state index in [9.17, 15) is 9.59 Å². The van der Waals surface area contributed by atoms with Crippen LogP contribution in [0.1, 0.15) is 0 Å². The van der Waals surface area contributed by atoms with E-state index in [-0.39, 0.29) is 18.0 Å². The molecule has 2 fully saturated rings. The molecule has 3 heterocycles. The Labute approximate surface area is 136 Å². The van der Waals surface area contributed by atoms with Crippen molar-refractivity contribution in [3.8, 4) is 0 Å². The molecule has 4 rings (SSSR count). The van der Waals surface area contributed by atoms with Gasteiger partial charge in [-0.3, -0.25) is 9.59 Å². The van der Waals surface area contributed by atoms with E-state index in [1.54, 1.807) is 4.90 Å². The zero-order chi connectivity index (χ0) is 15.5. The molecule has 6 heteroatoms. The van der Waals surface area contributed by atoms with E-state index in [2.05, 4.69) is 15.9 Å². The maximum Gasteiger partial charge on any atom is 0.312 e. The number of fused-ring (bicyclic) bond motifs is 1. The Kier molecular flexibility index (Phi) is 2.96. The number of methoxy groups -OCH3 is 1. The highest BCUT2D eigenvalue weighted by molar-refractivity contribution is 9.10. The predicted molar refractivity (Wildman–Crippen MR) is 82.2 cm³/mol. The number of benzene rings is 1. The molecule has 3 aliphatic heterocycles. The molecule has 0 radical (unpaired) electrons. The summed E-state index contributed by atoms with van der Waals surface area (Å²) in [6, 6.07) is 7.53. The summed E-state index contributed by atoms with van der Waals surface area (Å²) in [6.45, 7) is 0.429. The average Bonchev–Trinajstić information content (AvgIpc) is 3.16. The number of ether oxygens (including phenoxy) is 2. The van der Waals surface area contributed by atoms with Gasteiger partial charge in [-0.15, -0.1) is 0 Å². The normalized spacial score (nSPS) is 35.1. The van der Waals surface area contributed by atoms with Gasteiger partial charge in [0, 0.05) is 10.2 Å². The number of esters is 1. The predicted octanol–water partition coefficient (Wildman–Crippen LogP) is 1.91. The third kappa shape index (κ3) is 1.74. The third-order valence-electron chi connectivity index (χ3n) is 4.71.